The highest BCUT2D eigenvalue weighted by Crippen LogP contribution is 2.28. The van der Waals surface area contributed by atoms with Crippen molar-refractivity contribution in [2.75, 3.05) is 18.4 Å². The molecule has 1 aliphatic rings. The standard InChI is InChI=1S/C21H26N8S/c1-13(2)16(7-22)21(30)27-19-20-24-10-18(15-9-25-28(3)11-15)29(20)12-17(26-19)14-5-4-6-23-8-14/h5,7,9-13,22-23,30H,4,6,8H2,1-3H3,(H,26,27)/b21-16+,22-7?. The zero-order valence-corrected chi connectivity index (χ0v) is 18.2. The van der Waals surface area contributed by atoms with Gasteiger partial charge in [0.2, 0.25) is 0 Å². The molecule has 4 heterocycles. The van der Waals surface area contributed by atoms with Gasteiger partial charge in [-0.05, 0) is 24.5 Å². The van der Waals surface area contributed by atoms with Crippen LogP contribution in [0.4, 0.5) is 5.82 Å². The van der Waals surface area contributed by atoms with Crippen LogP contribution in [0, 0.1) is 11.3 Å². The maximum atomic E-state index is 7.73. The summed E-state index contributed by atoms with van der Waals surface area (Å²) in [5.41, 5.74) is 5.45. The molecule has 9 heteroatoms. The minimum atomic E-state index is 0.164. The van der Waals surface area contributed by atoms with E-state index in [9.17, 15) is 0 Å². The number of aromatic nitrogens is 5. The van der Waals surface area contributed by atoms with Gasteiger partial charge in [0.05, 0.1) is 28.8 Å². The molecule has 0 bridgehead atoms. The van der Waals surface area contributed by atoms with E-state index >= 15 is 0 Å². The molecule has 30 heavy (non-hydrogen) atoms. The van der Waals surface area contributed by atoms with E-state index in [4.69, 9.17) is 10.4 Å². The predicted octanol–water partition coefficient (Wildman–Crippen LogP) is 3.37. The van der Waals surface area contributed by atoms with Crippen LogP contribution in [0.2, 0.25) is 0 Å². The molecular formula is C21H26N8S. The van der Waals surface area contributed by atoms with Crippen LogP contribution in [0.3, 0.4) is 0 Å². The molecule has 3 N–H and O–H groups in total. The molecule has 0 radical (unpaired) electrons. The van der Waals surface area contributed by atoms with Crippen LogP contribution in [-0.2, 0) is 7.05 Å². The lowest BCUT2D eigenvalue weighted by Gasteiger charge is -2.17. The number of nitrogens with zero attached hydrogens (tertiary/aromatic N) is 5. The molecule has 3 aromatic rings. The normalized spacial score (nSPS) is 15.3. The average Bonchev–Trinajstić information content (AvgIpc) is 3.35. The highest BCUT2D eigenvalue weighted by Gasteiger charge is 2.17. The van der Waals surface area contributed by atoms with E-state index in [1.165, 1.54) is 6.21 Å². The number of fused-ring (bicyclic) bond motifs is 1. The number of hydrogen-bond donors (Lipinski definition) is 4. The quantitative estimate of drug-likeness (QED) is 0.361. The Morgan fingerprint density at radius 2 is 2.17 bits per heavy atom. The third-order valence-electron chi connectivity index (χ3n) is 5.14. The number of hydrogen-bond acceptors (Lipinski definition) is 7. The van der Waals surface area contributed by atoms with Crippen molar-refractivity contribution >= 4 is 35.9 Å². The maximum absolute atomic E-state index is 7.73. The highest BCUT2D eigenvalue weighted by molar-refractivity contribution is 7.84. The van der Waals surface area contributed by atoms with E-state index < -0.39 is 0 Å². The van der Waals surface area contributed by atoms with Gasteiger partial charge in [0.1, 0.15) is 0 Å². The Morgan fingerprint density at radius 1 is 1.33 bits per heavy atom. The van der Waals surface area contributed by atoms with E-state index in [0.717, 1.165) is 47.6 Å². The van der Waals surface area contributed by atoms with Gasteiger partial charge in [0.25, 0.3) is 0 Å². The van der Waals surface area contributed by atoms with Gasteiger partial charge in [-0.2, -0.15) is 5.10 Å². The first kappa shape index (κ1) is 20.4. The first-order valence-electron chi connectivity index (χ1n) is 9.95. The zero-order valence-electron chi connectivity index (χ0n) is 17.3. The first-order chi connectivity index (χ1) is 14.5. The van der Waals surface area contributed by atoms with Crippen molar-refractivity contribution in [1.29, 1.82) is 5.41 Å². The fraction of sp³-hybridized carbons (Fsp3) is 0.333. The van der Waals surface area contributed by atoms with Crippen LogP contribution in [0.1, 0.15) is 26.0 Å². The molecule has 0 spiro atoms. The second kappa shape index (κ2) is 8.45. The number of imidazole rings is 1. The van der Waals surface area contributed by atoms with E-state index in [-0.39, 0.29) is 5.92 Å². The van der Waals surface area contributed by atoms with Crippen LogP contribution in [0.5, 0.6) is 0 Å². The summed E-state index contributed by atoms with van der Waals surface area (Å²) < 4.78 is 3.81. The molecule has 4 rings (SSSR count). The van der Waals surface area contributed by atoms with Gasteiger partial charge in [-0.15, -0.1) is 12.6 Å². The molecule has 0 fully saturated rings. The lowest BCUT2D eigenvalue weighted by atomic mass is 10.1. The van der Waals surface area contributed by atoms with E-state index in [2.05, 4.69) is 39.4 Å². The van der Waals surface area contributed by atoms with Crippen LogP contribution in [-0.4, -0.2) is 43.5 Å². The topological polar surface area (TPSA) is 95.9 Å². The Hall–Kier alpha value is -2.91. The molecule has 0 saturated carbocycles. The molecule has 0 aliphatic carbocycles. The van der Waals surface area contributed by atoms with Gasteiger partial charge < -0.3 is 16.0 Å². The monoisotopic (exact) mass is 422 g/mol. The molecule has 3 aromatic heterocycles. The van der Waals surface area contributed by atoms with E-state index in [0.29, 0.717) is 16.5 Å². The second-order valence-corrected chi connectivity index (χ2v) is 8.08. The van der Waals surface area contributed by atoms with Gasteiger partial charge in [-0.1, -0.05) is 19.9 Å². The number of rotatable bonds is 6. The molecule has 156 valence electrons. The van der Waals surface area contributed by atoms with Crippen molar-refractivity contribution < 1.29 is 0 Å². The summed E-state index contributed by atoms with van der Waals surface area (Å²) in [5.74, 6) is 0.775. The van der Waals surface area contributed by atoms with Crippen molar-refractivity contribution in [3.05, 3.63) is 47.2 Å². The van der Waals surface area contributed by atoms with Gasteiger partial charge in [-0.3, -0.25) is 9.08 Å². The smallest absolute Gasteiger partial charge is 0.180 e. The third kappa shape index (κ3) is 3.90. The largest absolute Gasteiger partial charge is 0.332 e. The Kier molecular flexibility index (Phi) is 5.74. The SMILES string of the molecule is CC(C)/C(C=N)=C(/S)Nc1nc(C2=CCCNC2)cn2c(-c3cnn(C)c3)cnc12. The number of nitrogens with one attached hydrogen (secondary N) is 3. The van der Waals surface area contributed by atoms with Crippen molar-refractivity contribution in [3.8, 4) is 11.3 Å². The summed E-state index contributed by atoms with van der Waals surface area (Å²) in [6.45, 7) is 5.82. The summed E-state index contributed by atoms with van der Waals surface area (Å²) in [5, 5.41) is 19.3. The molecule has 0 unspecified atom stereocenters. The average molecular weight is 423 g/mol. The molecule has 0 amide bonds. The zero-order chi connectivity index (χ0) is 21.3. The molecule has 0 aromatic carbocycles. The number of thiol groups is 1. The van der Waals surface area contributed by atoms with Crippen molar-refractivity contribution in [3.63, 3.8) is 0 Å². The lowest BCUT2D eigenvalue weighted by Crippen LogP contribution is -2.22. The van der Waals surface area contributed by atoms with Gasteiger partial charge in [-0.25, -0.2) is 9.97 Å². The molecule has 8 nitrogen and oxygen atoms in total. The summed E-state index contributed by atoms with van der Waals surface area (Å²) >= 11 is 4.62. The fourth-order valence-corrected chi connectivity index (χ4v) is 3.95. The Balaban J connectivity index is 1.89. The van der Waals surface area contributed by atoms with Crippen molar-refractivity contribution in [2.24, 2.45) is 13.0 Å². The summed E-state index contributed by atoms with van der Waals surface area (Å²) in [7, 11) is 1.90. The van der Waals surface area contributed by atoms with E-state index in [1.807, 2.05) is 50.1 Å². The Labute approximate surface area is 181 Å². The first-order valence-corrected chi connectivity index (χ1v) is 10.4. The van der Waals surface area contributed by atoms with Crippen molar-refractivity contribution in [2.45, 2.75) is 20.3 Å². The minimum Gasteiger partial charge on any atom is -0.332 e. The Bertz CT molecular complexity index is 1150. The van der Waals surface area contributed by atoms with Crippen LogP contribution < -0.4 is 10.6 Å². The van der Waals surface area contributed by atoms with Crippen molar-refractivity contribution in [1.82, 2.24) is 29.5 Å². The minimum absolute atomic E-state index is 0.164. The molecule has 0 atom stereocenters. The van der Waals surface area contributed by atoms with Crippen LogP contribution in [0.15, 0.2) is 41.5 Å². The second-order valence-electron chi connectivity index (χ2n) is 7.64. The fourth-order valence-electron chi connectivity index (χ4n) is 3.53. The number of allylic oxidation sites excluding steroid dienone is 1. The summed E-state index contributed by atoms with van der Waals surface area (Å²) in [4.78, 5) is 9.50. The summed E-state index contributed by atoms with van der Waals surface area (Å²) in [6, 6.07) is 0. The van der Waals surface area contributed by atoms with Crippen LogP contribution in [0.25, 0.3) is 22.5 Å². The number of aryl methyl sites for hydroxylation is 1. The molecular weight excluding hydrogens is 396 g/mol. The van der Waals surface area contributed by atoms with Gasteiger partial charge in [0, 0.05) is 43.3 Å². The summed E-state index contributed by atoms with van der Waals surface area (Å²) in [6.07, 6.45) is 12.2. The van der Waals surface area contributed by atoms with Crippen LogP contribution >= 0.6 is 12.6 Å². The molecule has 0 saturated heterocycles. The van der Waals surface area contributed by atoms with E-state index in [1.54, 1.807) is 4.68 Å². The Morgan fingerprint density at radius 3 is 2.80 bits per heavy atom. The van der Waals surface area contributed by atoms with Gasteiger partial charge in [0.15, 0.2) is 11.5 Å². The number of anilines is 1. The highest BCUT2D eigenvalue weighted by atomic mass is 32.1. The maximum Gasteiger partial charge on any atom is 0.180 e. The third-order valence-corrected chi connectivity index (χ3v) is 5.51. The molecule has 1 aliphatic heterocycles. The predicted molar refractivity (Wildman–Crippen MR) is 124 cm³/mol. The van der Waals surface area contributed by atoms with Gasteiger partial charge >= 0.3 is 0 Å². The lowest BCUT2D eigenvalue weighted by molar-refractivity contribution is 0.737.